The van der Waals surface area contributed by atoms with Crippen LogP contribution in [0.25, 0.3) is 0 Å². The third-order valence-electron chi connectivity index (χ3n) is 2.48. The molecule has 2 aromatic rings. The summed E-state index contributed by atoms with van der Waals surface area (Å²) in [5.41, 5.74) is 1.81. The van der Waals surface area contributed by atoms with Crippen molar-refractivity contribution in [2.45, 2.75) is 6.92 Å². The number of carbonyl (C=O) groups is 1. The topological polar surface area (TPSA) is 62.2 Å². The van der Waals surface area contributed by atoms with Crippen molar-refractivity contribution in [2.24, 2.45) is 0 Å². The van der Waals surface area contributed by atoms with Gasteiger partial charge in [0.1, 0.15) is 5.75 Å². The van der Waals surface area contributed by atoms with Crippen molar-refractivity contribution < 1.29 is 9.90 Å². The molecule has 5 heteroatoms. The first kappa shape index (κ1) is 12.6. The predicted molar refractivity (Wildman–Crippen MR) is 72.7 cm³/mol. The fourth-order valence-electron chi connectivity index (χ4n) is 1.47. The summed E-state index contributed by atoms with van der Waals surface area (Å²) in [6, 6.07) is 6.42. The lowest BCUT2D eigenvalue weighted by Gasteiger charge is -2.07. The minimum Gasteiger partial charge on any atom is -0.508 e. The molecule has 1 aromatic carbocycles. The minimum atomic E-state index is -0.231. The Labute approximate surface area is 113 Å². The lowest BCUT2D eigenvalue weighted by molar-refractivity contribution is 0.102. The first-order chi connectivity index (χ1) is 8.58. The lowest BCUT2D eigenvalue weighted by Crippen LogP contribution is -2.12. The minimum absolute atomic E-state index is 0.177. The highest BCUT2D eigenvalue weighted by molar-refractivity contribution is 9.10. The Bertz CT molecular complexity index is 599. The van der Waals surface area contributed by atoms with Crippen LogP contribution in [0.15, 0.2) is 41.1 Å². The molecule has 0 unspecified atom stereocenters. The van der Waals surface area contributed by atoms with Crippen LogP contribution >= 0.6 is 15.9 Å². The maximum absolute atomic E-state index is 12.0. The number of aromatic nitrogens is 1. The van der Waals surface area contributed by atoms with E-state index in [1.807, 2.05) is 0 Å². The second kappa shape index (κ2) is 5.18. The Morgan fingerprint density at radius 1 is 1.39 bits per heavy atom. The van der Waals surface area contributed by atoms with Crippen molar-refractivity contribution in [3.63, 3.8) is 0 Å². The molecule has 0 aliphatic carbocycles. The van der Waals surface area contributed by atoms with Crippen LogP contribution in [0.2, 0.25) is 0 Å². The van der Waals surface area contributed by atoms with Gasteiger partial charge in [0.25, 0.3) is 5.91 Å². The third-order valence-corrected chi connectivity index (χ3v) is 3.11. The van der Waals surface area contributed by atoms with E-state index >= 15 is 0 Å². The maximum atomic E-state index is 12.0. The van der Waals surface area contributed by atoms with E-state index in [1.165, 1.54) is 6.07 Å². The van der Waals surface area contributed by atoms with E-state index < -0.39 is 0 Å². The van der Waals surface area contributed by atoms with Crippen LogP contribution in [0.4, 0.5) is 5.69 Å². The predicted octanol–water partition coefficient (Wildman–Crippen LogP) is 3.11. The standard InChI is InChI=1S/C13H11BrN2O2/c1-8-6-9(2-3-12(8)17)13(18)16-11-4-5-15-7-10(11)14/h2-7,17H,1H3,(H,15,16,18). The summed E-state index contributed by atoms with van der Waals surface area (Å²) in [7, 11) is 0. The third kappa shape index (κ3) is 2.68. The van der Waals surface area contributed by atoms with E-state index in [0.717, 1.165) is 0 Å². The number of aromatic hydroxyl groups is 1. The zero-order valence-corrected chi connectivity index (χ0v) is 11.2. The van der Waals surface area contributed by atoms with E-state index in [2.05, 4.69) is 26.2 Å². The molecular weight excluding hydrogens is 296 g/mol. The van der Waals surface area contributed by atoms with Gasteiger partial charge in [0.15, 0.2) is 0 Å². The zero-order valence-electron chi connectivity index (χ0n) is 9.64. The largest absolute Gasteiger partial charge is 0.508 e. The van der Waals surface area contributed by atoms with Gasteiger partial charge < -0.3 is 10.4 Å². The quantitative estimate of drug-likeness (QED) is 0.896. The molecule has 1 amide bonds. The molecule has 1 heterocycles. The second-order valence-electron chi connectivity index (χ2n) is 3.81. The summed E-state index contributed by atoms with van der Waals surface area (Å²) in [5, 5.41) is 12.2. The van der Waals surface area contributed by atoms with Crippen molar-refractivity contribution in [1.82, 2.24) is 4.98 Å². The number of phenols is 1. The smallest absolute Gasteiger partial charge is 0.255 e. The Morgan fingerprint density at radius 2 is 2.17 bits per heavy atom. The molecule has 1 aromatic heterocycles. The number of benzene rings is 1. The molecule has 2 rings (SSSR count). The van der Waals surface area contributed by atoms with Crippen LogP contribution < -0.4 is 5.32 Å². The van der Waals surface area contributed by atoms with Gasteiger partial charge in [0.2, 0.25) is 0 Å². The first-order valence-corrected chi connectivity index (χ1v) is 6.07. The molecule has 4 nitrogen and oxygen atoms in total. The second-order valence-corrected chi connectivity index (χ2v) is 4.67. The number of halogens is 1. The first-order valence-electron chi connectivity index (χ1n) is 5.28. The number of anilines is 1. The number of nitrogens with zero attached hydrogens (tertiary/aromatic N) is 1. The lowest BCUT2D eigenvalue weighted by atomic mass is 10.1. The van der Waals surface area contributed by atoms with Crippen LogP contribution in [0.3, 0.4) is 0 Å². The normalized spacial score (nSPS) is 10.1. The Hall–Kier alpha value is -1.88. The van der Waals surface area contributed by atoms with Crippen molar-refractivity contribution in [2.75, 3.05) is 5.32 Å². The molecule has 0 spiro atoms. The van der Waals surface area contributed by atoms with Crippen LogP contribution in [0.5, 0.6) is 5.75 Å². The molecule has 92 valence electrons. The van der Waals surface area contributed by atoms with Crippen LogP contribution in [0, 0.1) is 6.92 Å². The van der Waals surface area contributed by atoms with E-state index in [0.29, 0.717) is 21.3 Å². The van der Waals surface area contributed by atoms with Crippen molar-refractivity contribution >= 4 is 27.5 Å². The average Bonchev–Trinajstić information content (AvgIpc) is 2.35. The van der Waals surface area contributed by atoms with Crippen LogP contribution in [-0.2, 0) is 0 Å². The van der Waals surface area contributed by atoms with Gasteiger partial charge in [-0.25, -0.2) is 0 Å². The molecule has 0 fully saturated rings. The van der Waals surface area contributed by atoms with Gasteiger partial charge in [-0.15, -0.1) is 0 Å². The summed E-state index contributed by atoms with van der Waals surface area (Å²) < 4.78 is 0.717. The molecule has 2 N–H and O–H groups in total. The number of hydrogen-bond acceptors (Lipinski definition) is 3. The monoisotopic (exact) mass is 306 g/mol. The van der Waals surface area contributed by atoms with E-state index in [1.54, 1.807) is 37.5 Å². The van der Waals surface area contributed by atoms with Gasteiger partial charge in [-0.05, 0) is 52.7 Å². The molecule has 0 saturated carbocycles. The molecule has 0 aliphatic heterocycles. The molecule has 18 heavy (non-hydrogen) atoms. The SMILES string of the molecule is Cc1cc(C(=O)Nc2ccncc2Br)ccc1O. The molecular formula is C13H11BrN2O2. The molecule has 0 bridgehead atoms. The number of phenolic OH excluding ortho intramolecular Hbond substituents is 1. The number of nitrogens with one attached hydrogen (secondary N) is 1. The van der Waals surface area contributed by atoms with E-state index in [9.17, 15) is 9.90 Å². The number of rotatable bonds is 2. The van der Waals surface area contributed by atoms with E-state index in [4.69, 9.17) is 0 Å². The van der Waals surface area contributed by atoms with Gasteiger partial charge in [-0.3, -0.25) is 9.78 Å². The fourth-order valence-corrected chi connectivity index (χ4v) is 1.82. The van der Waals surface area contributed by atoms with Gasteiger partial charge in [-0.1, -0.05) is 0 Å². The molecule has 0 saturated heterocycles. The maximum Gasteiger partial charge on any atom is 0.255 e. The summed E-state index contributed by atoms with van der Waals surface area (Å²) in [6.45, 7) is 1.74. The number of hydrogen-bond donors (Lipinski definition) is 2. The Kier molecular flexibility index (Phi) is 3.62. The highest BCUT2D eigenvalue weighted by Gasteiger charge is 2.09. The Balaban J connectivity index is 2.22. The molecule has 0 radical (unpaired) electrons. The molecule has 0 aliphatic rings. The fraction of sp³-hybridized carbons (Fsp3) is 0.0769. The number of carbonyl (C=O) groups excluding carboxylic acids is 1. The summed E-state index contributed by atoms with van der Waals surface area (Å²) >= 11 is 3.31. The van der Waals surface area contributed by atoms with Gasteiger partial charge in [0.05, 0.1) is 10.2 Å². The van der Waals surface area contributed by atoms with Crippen molar-refractivity contribution in [3.8, 4) is 5.75 Å². The number of amides is 1. The van der Waals surface area contributed by atoms with Gasteiger partial charge >= 0.3 is 0 Å². The van der Waals surface area contributed by atoms with Crippen molar-refractivity contribution in [3.05, 3.63) is 52.3 Å². The highest BCUT2D eigenvalue weighted by Crippen LogP contribution is 2.22. The Morgan fingerprint density at radius 3 is 2.83 bits per heavy atom. The van der Waals surface area contributed by atoms with Gasteiger partial charge in [-0.2, -0.15) is 0 Å². The summed E-state index contributed by atoms with van der Waals surface area (Å²) in [4.78, 5) is 15.9. The van der Waals surface area contributed by atoms with Crippen molar-refractivity contribution in [1.29, 1.82) is 0 Å². The van der Waals surface area contributed by atoms with Crippen LogP contribution in [-0.4, -0.2) is 16.0 Å². The number of aryl methyl sites for hydroxylation is 1. The average molecular weight is 307 g/mol. The molecule has 0 atom stereocenters. The van der Waals surface area contributed by atoms with Crippen LogP contribution in [0.1, 0.15) is 15.9 Å². The summed E-state index contributed by atoms with van der Waals surface area (Å²) in [5.74, 6) is -0.0540. The zero-order chi connectivity index (χ0) is 13.1. The highest BCUT2D eigenvalue weighted by atomic mass is 79.9. The summed E-state index contributed by atoms with van der Waals surface area (Å²) in [6.07, 6.45) is 3.21. The van der Waals surface area contributed by atoms with Gasteiger partial charge in [0, 0.05) is 18.0 Å². The van der Waals surface area contributed by atoms with E-state index in [-0.39, 0.29) is 11.7 Å². The number of pyridine rings is 1.